The van der Waals surface area contributed by atoms with Gasteiger partial charge in [0.1, 0.15) is 0 Å². The van der Waals surface area contributed by atoms with Gasteiger partial charge in [0.25, 0.3) is 5.91 Å². The Labute approximate surface area is 161 Å². The zero-order valence-electron chi connectivity index (χ0n) is 15.1. The number of nitrogens with one attached hydrogen (secondary N) is 2. The molecule has 2 heterocycles. The van der Waals surface area contributed by atoms with Gasteiger partial charge in [0.05, 0.1) is 31.8 Å². The molecule has 0 saturated heterocycles. The molecule has 1 aliphatic rings. The summed E-state index contributed by atoms with van der Waals surface area (Å²) in [4.78, 5) is 20.1. The molecule has 1 aromatic carbocycles. The molecule has 0 fully saturated rings. The summed E-state index contributed by atoms with van der Waals surface area (Å²) in [6, 6.07) is 8.74. The van der Waals surface area contributed by atoms with E-state index in [1.807, 2.05) is 0 Å². The summed E-state index contributed by atoms with van der Waals surface area (Å²) in [5.41, 5.74) is 0.414. The fourth-order valence-corrected chi connectivity index (χ4v) is 3.36. The third-order valence-electron chi connectivity index (χ3n) is 3.73. The number of rotatable bonds is 5. The van der Waals surface area contributed by atoms with E-state index in [9.17, 15) is 13.2 Å². The average Bonchev–Trinajstić information content (AvgIpc) is 3.22. The second-order valence-corrected chi connectivity index (χ2v) is 7.30. The Morgan fingerprint density at radius 1 is 1.11 bits per heavy atom. The van der Waals surface area contributed by atoms with Crippen molar-refractivity contribution < 1.29 is 27.1 Å². The van der Waals surface area contributed by atoms with Gasteiger partial charge in [0.15, 0.2) is 17.6 Å². The van der Waals surface area contributed by atoms with Gasteiger partial charge in [-0.3, -0.25) is 4.79 Å². The molecule has 1 amide bonds. The van der Waals surface area contributed by atoms with Gasteiger partial charge in [-0.05, 0) is 36.4 Å². The second kappa shape index (κ2) is 8.23. The quantitative estimate of drug-likeness (QED) is 0.775. The minimum absolute atomic E-state index is 0.0163. The summed E-state index contributed by atoms with van der Waals surface area (Å²) < 4.78 is 42.6. The molecular formula is C17H18N4O6S. The molecule has 2 N–H and O–H groups in total. The van der Waals surface area contributed by atoms with Crippen molar-refractivity contribution in [3.63, 3.8) is 0 Å². The van der Waals surface area contributed by atoms with Gasteiger partial charge >= 0.3 is 0 Å². The molecule has 28 heavy (non-hydrogen) atoms. The van der Waals surface area contributed by atoms with Gasteiger partial charge in [-0.1, -0.05) is 0 Å². The van der Waals surface area contributed by atoms with E-state index in [0.29, 0.717) is 17.5 Å². The number of furan rings is 1. The van der Waals surface area contributed by atoms with E-state index in [4.69, 9.17) is 13.9 Å². The predicted octanol–water partition coefficient (Wildman–Crippen LogP) is 1.59. The van der Waals surface area contributed by atoms with Crippen LogP contribution in [0.1, 0.15) is 17.0 Å². The Hall–Kier alpha value is -3.18. The molecule has 3 rings (SSSR count). The highest BCUT2D eigenvalue weighted by Crippen LogP contribution is 2.17. The SMILES string of the molecule is COC1=NC(NS(=O)(=O)c2ccc(NC(=O)c3ccco3)cc2)N=C(OC)C1. The Bertz CT molecular complexity index is 977. The van der Waals surface area contributed by atoms with Gasteiger partial charge in [-0.15, -0.1) is 0 Å². The minimum Gasteiger partial charge on any atom is -0.484 e. The summed E-state index contributed by atoms with van der Waals surface area (Å²) in [7, 11) is -1.06. The number of sulfonamides is 1. The Morgan fingerprint density at radius 2 is 1.75 bits per heavy atom. The third-order valence-corrected chi connectivity index (χ3v) is 5.15. The number of carbonyl (C=O) groups excluding carboxylic acids is 1. The van der Waals surface area contributed by atoms with Crippen LogP contribution >= 0.6 is 0 Å². The first kappa shape index (κ1) is 19.6. The van der Waals surface area contributed by atoms with Crippen LogP contribution in [0.5, 0.6) is 0 Å². The number of benzene rings is 1. The maximum Gasteiger partial charge on any atom is 0.291 e. The number of methoxy groups -OCH3 is 2. The lowest BCUT2D eigenvalue weighted by atomic mass is 10.3. The Kier molecular flexibility index (Phi) is 5.76. The largest absolute Gasteiger partial charge is 0.484 e. The summed E-state index contributed by atoms with van der Waals surface area (Å²) in [6.45, 7) is 0. The normalized spacial score (nSPS) is 14.8. The van der Waals surface area contributed by atoms with Crippen molar-refractivity contribution >= 4 is 33.4 Å². The fourth-order valence-electron chi connectivity index (χ4n) is 2.35. The van der Waals surface area contributed by atoms with E-state index in [-0.39, 0.29) is 17.1 Å². The van der Waals surface area contributed by atoms with E-state index in [1.165, 1.54) is 50.8 Å². The first-order chi connectivity index (χ1) is 13.4. The van der Waals surface area contributed by atoms with Crippen LogP contribution in [0.25, 0.3) is 0 Å². The molecule has 2 aromatic rings. The lowest BCUT2D eigenvalue weighted by Crippen LogP contribution is -2.36. The van der Waals surface area contributed by atoms with Crippen molar-refractivity contribution in [1.29, 1.82) is 0 Å². The highest BCUT2D eigenvalue weighted by molar-refractivity contribution is 7.89. The highest BCUT2D eigenvalue weighted by Gasteiger charge is 2.24. The zero-order chi connectivity index (χ0) is 20.1. The van der Waals surface area contributed by atoms with Crippen LogP contribution in [0.3, 0.4) is 0 Å². The predicted molar refractivity (Wildman–Crippen MR) is 101 cm³/mol. The number of carbonyl (C=O) groups is 1. The molecule has 0 radical (unpaired) electrons. The molecule has 0 aliphatic carbocycles. The molecule has 1 aromatic heterocycles. The minimum atomic E-state index is -3.92. The number of ether oxygens (including phenoxy) is 2. The van der Waals surface area contributed by atoms with Crippen LogP contribution in [-0.4, -0.2) is 46.6 Å². The molecule has 0 saturated carbocycles. The molecule has 10 nitrogen and oxygen atoms in total. The standard InChI is InChI=1S/C17H18N4O6S/c1-25-14-10-15(26-2)20-17(19-14)21-28(23,24)12-7-5-11(6-8-12)18-16(22)13-4-3-9-27-13/h3-9,17,21H,10H2,1-2H3,(H,18,22). The van der Waals surface area contributed by atoms with Crippen molar-refractivity contribution in [3.05, 3.63) is 48.4 Å². The van der Waals surface area contributed by atoms with Crippen LogP contribution in [0, 0.1) is 0 Å². The molecule has 1 aliphatic heterocycles. The summed E-state index contributed by atoms with van der Waals surface area (Å²) in [6.07, 6.45) is 0.535. The van der Waals surface area contributed by atoms with Crippen molar-refractivity contribution in [2.24, 2.45) is 9.98 Å². The van der Waals surface area contributed by atoms with Gasteiger partial charge in [0.2, 0.25) is 16.3 Å². The van der Waals surface area contributed by atoms with Gasteiger partial charge in [-0.2, -0.15) is 4.72 Å². The van der Waals surface area contributed by atoms with E-state index < -0.39 is 22.2 Å². The van der Waals surface area contributed by atoms with Crippen molar-refractivity contribution in [3.8, 4) is 0 Å². The molecule has 148 valence electrons. The molecule has 0 atom stereocenters. The van der Waals surface area contributed by atoms with Crippen LogP contribution in [-0.2, 0) is 19.5 Å². The molecular weight excluding hydrogens is 388 g/mol. The topological polar surface area (TPSA) is 132 Å². The van der Waals surface area contributed by atoms with Gasteiger partial charge in [0, 0.05) is 5.69 Å². The monoisotopic (exact) mass is 406 g/mol. The molecule has 11 heteroatoms. The third kappa shape index (κ3) is 4.56. The molecule has 0 spiro atoms. The average molecular weight is 406 g/mol. The van der Waals surface area contributed by atoms with Crippen LogP contribution < -0.4 is 10.0 Å². The number of nitrogens with zero attached hydrogens (tertiary/aromatic N) is 2. The van der Waals surface area contributed by atoms with Crippen LogP contribution in [0.4, 0.5) is 5.69 Å². The Morgan fingerprint density at radius 3 is 2.29 bits per heavy atom. The highest BCUT2D eigenvalue weighted by atomic mass is 32.2. The second-order valence-electron chi connectivity index (χ2n) is 5.58. The number of aliphatic imine (C=N–C) groups is 2. The fraction of sp³-hybridized carbons (Fsp3) is 0.235. The first-order valence-electron chi connectivity index (χ1n) is 8.10. The smallest absolute Gasteiger partial charge is 0.291 e. The number of hydrogen-bond donors (Lipinski definition) is 2. The van der Waals surface area contributed by atoms with Gasteiger partial charge < -0.3 is 19.2 Å². The maximum absolute atomic E-state index is 12.6. The van der Waals surface area contributed by atoms with Gasteiger partial charge in [-0.25, -0.2) is 18.4 Å². The van der Waals surface area contributed by atoms with Crippen molar-refractivity contribution in [2.45, 2.75) is 17.6 Å². The van der Waals surface area contributed by atoms with E-state index in [0.717, 1.165) is 0 Å². The number of anilines is 1. The first-order valence-corrected chi connectivity index (χ1v) is 9.58. The van der Waals surface area contributed by atoms with E-state index >= 15 is 0 Å². The zero-order valence-corrected chi connectivity index (χ0v) is 15.9. The van der Waals surface area contributed by atoms with Crippen LogP contribution in [0.2, 0.25) is 0 Å². The lowest BCUT2D eigenvalue weighted by molar-refractivity contribution is 0.0996. The van der Waals surface area contributed by atoms with E-state index in [2.05, 4.69) is 20.0 Å². The maximum atomic E-state index is 12.6. The lowest BCUT2D eigenvalue weighted by Gasteiger charge is -2.19. The van der Waals surface area contributed by atoms with Crippen LogP contribution in [0.15, 0.2) is 62.0 Å². The van der Waals surface area contributed by atoms with Crippen molar-refractivity contribution in [1.82, 2.24) is 4.72 Å². The summed E-state index contributed by atoms with van der Waals surface area (Å²) in [5, 5.41) is 2.61. The van der Waals surface area contributed by atoms with E-state index in [1.54, 1.807) is 6.07 Å². The summed E-state index contributed by atoms with van der Waals surface area (Å²) >= 11 is 0. The number of amides is 1. The molecule has 0 unspecified atom stereocenters. The summed E-state index contributed by atoms with van der Waals surface area (Å²) in [5.74, 6) is 0.309. The Balaban J connectivity index is 1.71. The molecule has 0 bridgehead atoms. The van der Waals surface area contributed by atoms with Crippen molar-refractivity contribution in [2.75, 3.05) is 19.5 Å². The number of hydrogen-bond acceptors (Lipinski definition) is 8.